The van der Waals surface area contributed by atoms with E-state index in [9.17, 15) is 9.59 Å². The van der Waals surface area contributed by atoms with Crippen molar-refractivity contribution in [3.05, 3.63) is 34.9 Å². The van der Waals surface area contributed by atoms with Crippen molar-refractivity contribution in [2.24, 2.45) is 0 Å². The Morgan fingerprint density at radius 2 is 2.16 bits per heavy atom. The van der Waals surface area contributed by atoms with Crippen LogP contribution in [0.1, 0.15) is 31.7 Å². The number of benzene rings is 1. The Labute approximate surface area is 158 Å². The minimum Gasteiger partial charge on any atom is -0.352 e. The van der Waals surface area contributed by atoms with Crippen LogP contribution < -0.4 is 10.6 Å². The molecule has 1 fully saturated rings. The van der Waals surface area contributed by atoms with E-state index in [1.165, 1.54) is 6.92 Å². The van der Waals surface area contributed by atoms with Crippen LogP contribution in [0.5, 0.6) is 0 Å². The zero-order valence-electron chi connectivity index (χ0n) is 14.6. The van der Waals surface area contributed by atoms with Crippen molar-refractivity contribution in [2.45, 2.75) is 38.0 Å². The van der Waals surface area contributed by atoms with E-state index in [1.807, 2.05) is 36.0 Å². The number of hydrogen-bond acceptors (Lipinski definition) is 3. The minimum atomic E-state index is -0.0391. The zero-order valence-corrected chi connectivity index (χ0v) is 16.2. The number of amides is 3. The molecule has 138 valence electrons. The lowest BCUT2D eigenvalue weighted by atomic mass is 10.1. The molecular weight excluding hydrogens is 358 g/mol. The number of carbonyl (C=O) groups excluding carboxylic acids is 2. The van der Waals surface area contributed by atoms with Gasteiger partial charge in [0.2, 0.25) is 5.91 Å². The minimum absolute atomic E-state index is 0.0360. The molecule has 5 nitrogen and oxygen atoms in total. The van der Waals surface area contributed by atoms with Gasteiger partial charge in [-0.1, -0.05) is 29.8 Å². The van der Waals surface area contributed by atoms with Gasteiger partial charge in [0.25, 0.3) is 0 Å². The standard InChI is InChI=1S/C18H26ClN3O2S/c1-14(23)21-16-7-4-10-22(12-16)18(24)20-9-5-11-25-13-15-6-2-3-8-17(15)19/h2-3,6,8,16H,4-5,7,9-13H2,1H3,(H,20,24)(H,21,23)/t16-/m0/s1. The molecule has 2 rings (SSSR count). The number of hydrogen-bond donors (Lipinski definition) is 2. The summed E-state index contributed by atoms with van der Waals surface area (Å²) in [6, 6.07) is 7.91. The van der Waals surface area contributed by atoms with E-state index in [2.05, 4.69) is 10.6 Å². The van der Waals surface area contributed by atoms with Crippen molar-refractivity contribution >= 4 is 35.3 Å². The summed E-state index contributed by atoms with van der Waals surface area (Å²) in [7, 11) is 0. The molecule has 0 spiro atoms. The Balaban J connectivity index is 1.59. The summed E-state index contributed by atoms with van der Waals surface area (Å²) < 4.78 is 0. The van der Waals surface area contributed by atoms with Crippen LogP contribution in [0, 0.1) is 0 Å². The Morgan fingerprint density at radius 3 is 2.92 bits per heavy atom. The first-order chi connectivity index (χ1) is 12.1. The van der Waals surface area contributed by atoms with Crippen LogP contribution >= 0.6 is 23.4 Å². The third kappa shape index (κ3) is 7.16. The fourth-order valence-corrected chi connectivity index (χ4v) is 4.09. The molecule has 0 radical (unpaired) electrons. The maximum absolute atomic E-state index is 12.2. The highest BCUT2D eigenvalue weighted by molar-refractivity contribution is 7.98. The Hall–Kier alpha value is -1.40. The largest absolute Gasteiger partial charge is 0.352 e. The molecule has 1 aromatic carbocycles. The summed E-state index contributed by atoms with van der Waals surface area (Å²) in [5, 5.41) is 6.67. The van der Waals surface area contributed by atoms with Gasteiger partial charge in [0, 0.05) is 43.4 Å². The van der Waals surface area contributed by atoms with Gasteiger partial charge >= 0.3 is 6.03 Å². The van der Waals surface area contributed by atoms with Gasteiger partial charge in [-0.25, -0.2) is 4.79 Å². The fourth-order valence-electron chi connectivity index (χ4n) is 2.85. The maximum atomic E-state index is 12.2. The van der Waals surface area contributed by atoms with E-state index in [0.717, 1.165) is 47.9 Å². The molecule has 0 saturated carbocycles. The van der Waals surface area contributed by atoms with Crippen molar-refractivity contribution < 1.29 is 9.59 Å². The van der Waals surface area contributed by atoms with Crippen molar-refractivity contribution in [1.82, 2.24) is 15.5 Å². The van der Waals surface area contributed by atoms with E-state index in [4.69, 9.17) is 11.6 Å². The summed E-state index contributed by atoms with van der Waals surface area (Å²) >= 11 is 7.95. The smallest absolute Gasteiger partial charge is 0.317 e. The van der Waals surface area contributed by atoms with Gasteiger partial charge in [-0.3, -0.25) is 4.79 Å². The molecule has 0 unspecified atom stereocenters. The van der Waals surface area contributed by atoms with Crippen LogP contribution in [-0.4, -0.2) is 48.3 Å². The molecule has 2 N–H and O–H groups in total. The first kappa shape index (κ1) is 19.9. The first-order valence-electron chi connectivity index (χ1n) is 8.67. The molecule has 1 atom stereocenters. The normalized spacial score (nSPS) is 17.2. The molecule has 1 aliphatic heterocycles. The highest BCUT2D eigenvalue weighted by Gasteiger charge is 2.23. The maximum Gasteiger partial charge on any atom is 0.317 e. The molecule has 0 bridgehead atoms. The second-order valence-electron chi connectivity index (χ2n) is 6.22. The highest BCUT2D eigenvalue weighted by Crippen LogP contribution is 2.20. The summed E-state index contributed by atoms with van der Waals surface area (Å²) in [4.78, 5) is 25.1. The van der Waals surface area contributed by atoms with E-state index < -0.39 is 0 Å². The van der Waals surface area contributed by atoms with Gasteiger partial charge < -0.3 is 15.5 Å². The molecule has 25 heavy (non-hydrogen) atoms. The van der Waals surface area contributed by atoms with Gasteiger partial charge in [-0.15, -0.1) is 0 Å². The van der Waals surface area contributed by atoms with E-state index >= 15 is 0 Å². The number of piperidine rings is 1. The molecule has 0 aliphatic carbocycles. The average Bonchev–Trinajstić information content (AvgIpc) is 2.59. The monoisotopic (exact) mass is 383 g/mol. The SMILES string of the molecule is CC(=O)N[C@H]1CCCN(C(=O)NCCCSCc2ccccc2Cl)C1. The Morgan fingerprint density at radius 1 is 1.36 bits per heavy atom. The molecule has 7 heteroatoms. The lowest BCUT2D eigenvalue weighted by Gasteiger charge is -2.33. The van der Waals surface area contributed by atoms with Crippen molar-refractivity contribution in [3.8, 4) is 0 Å². The molecule has 1 aromatic rings. The van der Waals surface area contributed by atoms with Gasteiger partial charge in [0.05, 0.1) is 0 Å². The van der Waals surface area contributed by atoms with Crippen molar-refractivity contribution in [2.75, 3.05) is 25.4 Å². The third-order valence-corrected chi connectivity index (χ3v) is 5.53. The summed E-state index contributed by atoms with van der Waals surface area (Å²) in [6.07, 6.45) is 2.78. The zero-order chi connectivity index (χ0) is 18.1. The molecule has 3 amide bonds. The van der Waals surface area contributed by atoms with Gasteiger partial charge in [-0.2, -0.15) is 11.8 Å². The quantitative estimate of drug-likeness (QED) is 0.710. The average molecular weight is 384 g/mol. The lowest BCUT2D eigenvalue weighted by molar-refractivity contribution is -0.119. The molecule has 1 aliphatic rings. The number of likely N-dealkylation sites (tertiary alicyclic amines) is 1. The number of carbonyl (C=O) groups is 2. The molecular formula is C18H26ClN3O2S. The van der Waals surface area contributed by atoms with E-state index in [-0.39, 0.29) is 18.0 Å². The summed E-state index contributed by atoms with van der Waals surface area (Å²) in [5.41, 5.74) is 1.15. The molecule has 1 saturated heterocycles. The van der Waals surface area contributed by atoms with Crippen LogP contribution in [0.3, 0.4) is 0 Å². The fraction of sp³-hybridized carbons (Fsp3) is 0.556. The van der Waals surface area contributed by atoms with Gasteiger partial charge in [-0.05, 0) is 36.6 Å². The summed E-state index contributed by atoms with van der Waals surface area (Å²) in [5.74, 6) is 1.82. The summed E-state index contributed by atoms with van der Waals surface area (Å²) in [6.45, 7) is 3.52. The topological polar surface area (TPSA) is 61.4 Å². The number of rotatable bonds is 7. The third-order valence-electron chi connectivity index (χ3n) is 4.07. The van der Waals surface area contributed by atoms with Crippen molar-refractivity contribution in [1.29, 1.82) is 0 Å². The van der Waals surface area contributed by atoms with E-state index in [1.54, 1.807) is 4.90 Å². The number of urea groups is 1. The van der Waals surface area contributed by atoms with Crippen LogP contribution in [0.2, 0.25) is 5.02 Å². The van der Waals surface area contributed by atoms with Crippen molar-refractivity contribution in [3.63, 3.8) is 0 Å². The van der Waals surface area contributed by atoms with Crippen LogP contribution in [0.25, 0.3) is 0 Å². The van der Waals surface area contributed by atoms with Crippen LogP contribution in [-0.2, 0) is 10.5 Å². The second-order valence-corrected chi connectivity index (χ2v) is 7.73. The Bertz CT molecular complexity index is 585. The highest BCUT2D eigenvalue weighted by atomic mass is 35.5. The predicted octanol–water partition coefficient (Wildman–Crippen LogP) is 3.27. The second kappa shape index (κ2) is 10.6. The predicted molar refractivity (Wildman–Crippen MR) is 104 cm³/mol. The number of thioether (sulfide) groups is 1. The first-order valence-corrected chi connectivity index (χ1v) is 10.2. The van der Waals surface area contributed by atoms with Crippen LogP contribution in [0.4, 0.5) is 4.79 Å². The number of nitrogens with zero attached hydrogens (tertiary/aromatic N) is 1. The van der Waals surface area contributed by atoms with Gasteiger partial charge in [0.15, 0.2) is 0 Å². The van der Waals surface area contributed by atoms with E-state index in [0.29, 0.717) is 13.1 Å². The molecule has 0 aromatic heterocycles. The number of halogens is 1. The van der Waals surface area contributed by atoms with Gasteiger partial charge in [0.1, 0.15) is 0 Å². The Kier molecular flexibility index (Phi) is 8.41. The lowest BCUT2D eigenvalue weighted by Crippen LogP contribution is -2.52. The van der Waals surface area contributed by atoms with Crippen LogP contribution in [0.15, 0.2) is 24.3 Å². The number of nitrogens with one attached hydrogen (secondary N) is 2. The molecule has 1 heterocycles.